The number of nitrogens with zero attached hydrogens (tertiary/aromatic N) is 1. The molecular formula is C19H18ClNO4. The van der Waals surface area contributed by atoms with E-state index >= 15 is 0 Å². The zero-order valence-corrected chi connectivity index (χ0v) is 14.6. The van der Waals surface area contributed by atoms with E-state index in [9.17, 15) is 9.59 Å². The van der Waals surface area contributed by atoms with Crippen LogP contribution in [-0.2, 0) is 6.54 Å². The quantitative estimate of drug-likeness (QED) is 0.466. The van der Waals surface area contributed by atoms with Crippen LogP contribution in [0.4, 0.5) is 0 Å². The molecule has 0 bridgehead atoms. The summed E-state index contributed by atoms with van der Waals surface area (Å²) in [4.78, 5) is 23.4. The molecule has 3 aromatic rings. The first kappa shape index (κ1) is 17.3. The van der Waals surface area contributed by atoms with Gasteiger partial charge in [-0.05, 0) is 62.2 Å². The number of benzene rings is 2. The lowest BCUT2D eigenvalue weighted by molar-refractivity contribution is 0.101. The maximum absolute atomic E-state index is 12.0. The summed E-state index contributed by atoms with van der Waals surface area (Å²) in [5, 5.41) is 0.673. The normalized spacial score (nSPS) is 11.0. The van der Waals surface area contributed by atoms with Gasteiger partial charge in [0.05, 0.1) is 12.1 Å². The van der Waals surface area contributed by atoms with Gasteiger partial charge in [-0.15, -0.1) is 0 Å². The molecule has 0 spiro atoms. The summed E-state index contributed by atoms with van der Waals surface area (Å²) in [6.45, 7) is 2.58. The predicted molar refractivity (Wildman–Crippen MR) is 96.7 cm³/mol. The van der Waals surface area contributed by atoms with Gasteiger partial charge < -0.3 is 9.15 Å². The van der Waals surface area contributed by atoms with Crippen molar-refractivity contribution < 1.29 is 13.9 Å². The average Bonchev–Trinajstić information content (AvgIpc) is 2.91. The molecule has 6 heteroatoms. The highest BCUT2D eigenvalue weighted by atomic mass is 35.5. The number of carbonyl (C=O) groups excluding carboxylic acids is 1. The summed E-state index contributed by atoms with van der Waals surface area (Å²) in [5.74, 6) is 0.304. The van der Waals surface area contributed by atoms with Gasteiger partial charge in [-0.3, -0.25) is 9.36 Å². The Bertz CT molecular complexity index is 940. The van der Waals surface area contributed by atoms with Crippen LogP contribution in [-0.4, -0.2) is 17.0 Å². The molecule has 0 aliphatic rings. The molecule has 0 saturated heterocycles. The third-order valence-corrected chi connectivity index (χ3v) is 4.19. The summed E-state index contributed by atoms with van der Waals surface area (Å²) in [7, 11) is 0. The lowest BCUT2D eigenvalue weighted by Crippen LogP contribution is -2.14. The zero-order valence-electron chi connectivity index (χ0n) is 13.8. The minimum Gasteiger partial charge on any atom is -0.494 e. The Morgan fingerprint density at radius 2 is 1.92 bits per heavy atom. The molecule has 130 valence electrons. The summed E-state index contributed by atoms with van der Waals surface area (Å²) in [6, 6.07) is 12.3. The van der Waals surface area contributed by atoms with E-state index in [1.807, 2.05) is 12.1 Å². The number of fused-ring (bicyclic) bond motifs is 1. The van der Waals surface area contributed by atoms with Crippen LogP contribution in [0.25, 0.3) is 11.1 Å². The fraction of sp³-hybridized carbons (Fsp3) is 0.263. The molecule has 1 aromatic heterocycles. The minimum atomic E-state index is -0.408. The van der Waals surface area contributed by atoms with Crippen LogP contribution in [0.1, 0.15) is 30.1 Å². The number of ether oxygens (including phenoxy) is 1. The second-order valence-electron chi connectivity index (χ2n) is 5.77. The third kappa shape index (κ3) is 4.12. The average molecular weight is 360 g/mol. The second kappa shape index (κ2) is 7.57. The summed E-state index contributed by atoms with van der Waals surface area (Å²) >= 11 is 5.83. The molecule has 0 aliphatic carbocycles. The molecular weight excluding hydrogens is 342 g/mol. The van der Waals surface area contributed by atoms with E-state index in [0.29, 0.717) is 34.8 Å². The van der Waals surface area contributed by atoms with Gasteiger partial charge in [0.2, 0.25) is 0 Å². The monoisotopic (exact) mass is 359 g/mol. The first-order chi connectivity index (χ1) is 12.0. The van der Waals surface area contributed by atoms with Gasteiger partial charge in [0.1, 0.15) is 5.75 Å². The van der Waals surface area contributed by atoms with E-state index in [2.05, 4.69) is 0 Å². The van der Waals surface area contributed by atoms with Gasteiger partial charge in [0.15, 0.2) is 11.4 Å². The molecule has 0 atom stereocenters. The molecule has 0 unspecified atom stereocenters. The topological polar surface area (TPSA) is 61.4 Å². The fourth-order valence-electron chi connectivity index (χ4n) is 2.59. The molecule has 1 heterocycles. The second-order valence-corrected chi connectivity index (χ2v) is 6.20. The largest absolute Gasteiger partial charge is 0.494 e. The number of aromatic nitrogens is 1. The molecule has 3 rings (SSSR count). The Balaban J connectivity index is 1.58. The van der Waals surface area contributed by atoms with Gasteiger partial charge in [-0.1, -0.05) is 11.6 Å². The Morgan fingerprint density at radius 3 is 2.64 bits per heavy atom. The standard InChI is InChI=1S/C19H18ClNO4/c1-13(22)14-4-9-17-18(12-14)25-19(23)21(17)10-2-3-11-24-16-7-5-15(20)6-8-16/h4-9,12H,2-3,10-11H2,1H3. The highest BCUT2D eigenvalue weighted by molar-refractivity contribution is 6.30. The van der Waals surface area contributed by atoms with Crippen LogP contribution in [0.5, 0.6) is 5.75 Å². The Morgan fingerprint density at radius 1 is 1.16 bits per heavy atom. The summed E-state index contributed by atoms with van der Waals surface area (Å²) in [5.41, 5.74) is 1.67. The third-order valence-electron chi connectivity index (χ3n) is 3.93. The number of oxazole rings is 1. The van der Waals surface area contributed by atoms with Crippen LogP contribution in [0.2, 0.25) is 5.02 Å². The lowest BCUT2D eigenvalue weighted by atomic mass is 10.1. The maximum atomic E-state index is 12.0. The van der Waals surface area contributed by atoms with Crippen LogP contribution < -0.4 is 10.5 Å². The van der Waals surface area contributed by atoms with E-state index in [-0.39, 0.29) is 5.78 Å². The van der Waals surface area contributed by atoms with Crippen molar-refractivity contribution >= 4 is 28.5 Å². The highest BCUT2D eigenvalue weighted by Crippen LogP contribution is 2.17. The van der Waals surface area contributed by atoms with Crippen molar-refractivity contribution in [3.63, 3.8) is 0 Å². The van der Waals surface area contributed by atoms with Gasteiger partial charge >= 0.3 is 5.76 Å². The number of carbonyl (C=O) groups is 1. The molecule has 0 radical (unpaired) electrons. The molecule has 25 heavy (non-hydrogen) atoms. The minimum absolute atomic E-state index is 0.0587. The van der Waals surface area contributed by atoms with Crippen molar-refractivity contribution in [1.29, 1.82) is 0 Å². The zero-order chi connectivity index (χ0) is 17.8. The lowest BCUT2D eigenvalue weighted by Gasteiger charge is -2.06. The summed E-state index contributed by atoms with van der Waals surface area (Å²) < 4.78 is 12.5. The van der Waals surface area contributed by atoms with E-state index in [0.717, 1.165) is 18.6 Å². The van der Waals surface area contributed by atoms with Crippen LogP contribution in [0.3, 0.4) is 0 Å². The SMILES string of the molecule is CC(=O)c1ccc2c(c1)oc(=O)n2CCCCOc1ccc(Cl)cc1. The molecule has 0 N–H and O–H groups in total. The van der Waals surface area contributed by atoms with Crippen molar-refractivity contribution in [1.82, 2.24) is 4.57 Å². The van der Waals surface area contributed by atoms with Crippen molar-refractivity contribution in [2.24, 2.45) is 0 Å². The number of unbranched alkanes of at least 4 members (excludes halogenated alkanes) is 1. The first-order valence-corrected chi connectivity index (χ1v) is 8.45. The summed E-state index contributed by atoms with van der Waals surface area (Å²) in [6.07, 6.45) is 1.57. The smallest absolute Gasteiger partial charge is 0.419 e. The van der Waals surface area contributed by atoms with Crippen LogP contribution >= 0.6 is 11.6 Å². The van der Waals surface area contributed by atoms with Crippen molar-refractivity contribution in [3.8, 4) is 5.75 Å². The first-order valence-electron chi connectivity index (χ1n) is 8.07. The Kier molecular flexibility index (Phi) is 5.24. The number of halogens is 1. The fourth-order valence-corrected chi connectivity index (χ4v) is 2.72. The van der Waals surface area contributed by atoms with E-state index in [1.165, 1.54) is 6.92 Å². The van der Waals surface area contributed by atoms with Gasteiger partial charge in [0.25, 0.3) is 0 Å². The Labute approximate surface area is 149 Å². The number of ketones is 1. The molecule has 5 nitrogen and oxygen atoms in total. The molecule has 0 saturated carbocycles. The number of aryl methyl sites for hydroxylation is 1. The van der Waals surface area contributed by atoms with E-state index in [1.54, 1.807) is 34.9 Å². The van der Waals surface area contributed by atoms with Crippen LogP contribution in [0.15, 0.2) is 51.7 Å². The van der Waals surface area contributed by atoms with Crippen LogP contribution in [0, 0.1) is 0 Å². The van der Waals surface area contributed by atoms with E-state index in [4.69, 9.17) is 20.8 Å². The predicted octanol–water partition coefficient (Wildman–Crippen LogP) is 4.31. The van der Waals surface area contributed by atoms with Crippen molar-refractivity contribution in [2.45, 2.75) is 26.3 Å². The molecule has 0 aliphatic heterocycles. The number of rotatable bonds is 7. The maximum Gasteiger partial charge on any atom is 0.419 e. The van der Waals surface area contributed by atoms with Gasteiger partial charge in [-0.2, -0.15) is 0 Å². The van der Waals surface area contributed by atoms with Gasteiger partial charge in [0, 0.05) is 17.1 Å². The Hall–Kier alpha value is -2.53. The number of Topliss-reactive ketones (excluding diaryl/α,β-unsaturated/α-hetero) is 1. The molecule has 0 fully saturated rings. The molecule has 0 amide bonds. The number of hydrogen-bond acceptors (Lipinski definition) is 4. The van der Waals surface area contributed by atoms with Crippen molar-refractivity contribution in [2.75, 3.05) is 6.61 Å². The molecule has 2 aromatic carbocycles. The van der Waals surface area contributed by atoms with E-state index < -0.39 is 5.76 Å². The van der Waals surface area contributed by atoms with Crippen molar-refractivity contribution in [3.05, 3.63) is 63.6 Å². The highest BCUT2D eigenvalue weighted by Gasteiger charge is 2.11. The number of hydrogen-bond donors (Lipinski definition) is 0. The van der Waals surface area contributed by atoms with Gasteiger partial charge in [-0.25, -0.2) is 4.79 Å².